The SMILES string of the molecule is Cc1ccc(S(=O)(=O)N2CCCC(C(=O)OC(=O)C(F)(F)F)C2)cc1-c1cnc2c(N)nc(C(F)(F)F)cn12. The minimum absolute atomic E-state index is 0.00600. The number of alkyl halides is 6. The second-order valence-electron chi connectivity index (χ2n) is 8.73. The van der Waals surface area contributed by atoms with Crippen molar-refractivity contribution >= 4 is 33.4 Å². The molecule has 2 aromatic heterocycles. The Balaban J connectivity index is 1.67. The van der Waals surface area contributed by atoms with Crippen LogP contribution in [-0.2, 0) is 30.5 Å². The zero-order valence-electron chi connectivity index (χ0n) is 19.9. The van der Waals surface area contributed by atoms with Gasteiger partial charge in [0.2, 0.25) is 10.0 Å². The van der Waals surface area contributed by atoms with E-state index in [0.29, 0.717) is 11.8 Å². The molecule has 17 heteroatoms. The van der Waals surface area contributed by atoms with E-state index in [4.69, 9.17) is 5.73 Å². The first-order valence-electron chi connectivity index (χ1n) is 11.1. The van der Waals surface area contributed by atoms with Crippen LogP contribution in [-0.4, -0.2) is 58.3 Å². The van der Waals surface area contributed by atoms with Gasteiger partial charge in [-0.15, -0.1) is 0 Å². The Morgan fingerprint density at radius 3 is 2.49 bits per heavy atom. The number of anilines is 1. The summed E-state index contributed by atoms with van der Waals surface area (Å²) in [6, 6.07) is 3.85. The number of nitrogens with two attached hydrogens (primary N) is 1. The number of halogens is 6. The predicted octanol–water partition coefficient (Wildman–Crippen LogP) is 3.34. The van der Waals surface area contributed by atoms with E-state index < -0.39 is 58.3 Å². The van der Waals surface area contributed by atoms with Gasteiger partial charge in [0.05, 0.1) is 22.7 Å². The lowest BCUT2D eigenvalue weighted by Gasteiger charge is -2.30. The predicted molar refractivity (Wildman–Crippen MR) is 121 cm³/mol. The molecule has 1 aromatic carbocycles. The minimum atomic E-state index is -5.40. The first kappa shape index (κ1) is 28.3. The molecule has 0 aliphatic carbocycles. The number of carbonyl (C=O) groups excluding carboxylic acids is 2. The van der Waals surface area contributed by atoms with Crippen LogP contribution in [0.15, 0.2) is 35.5 Å². The van der Waals surface area contributed by atoms with E-state index in [9.17, 15) is 44.3 Å². The highest BCUT2D eigenvalue weighted by Crippen LogP contribution is 2.34. The average Bonchev–Trinajstić information content (AvgIpc) is 3.27. The molecule has 0 saturated carbocycles. The van der Waals surface area contributed by atoms with Gasteiger partial charge in [0, 0.05) is 24.8 Å². The van der Waals surface area contributed by atoms with E-state index in [0.717, 1.165) is 8.71 Å². The molecule has 39 heavy (non-hydrogen) atoms. The maximum atomic E-state index is 13.4. The lowest BCUT2D eigenvalue weighted by molar-refractivity contribution is -0.203. The van der Waals surface area contributed by atoms with Crippen LogP contribution in [0.1, 0.15) is 24.1 Å². The number of carbonyl (C=O) groups is 2. The first-order chi connectivity index (χ1) is 18.0. The Morgan fingerprint density at radius 1 is 1.15 bits per heavy atom. The maximum Gasteiger partial charge on any atom is 0.491 e. The Morgan fingerprint density at radius 2 is 1.85 bits per heavy atom. The van der Waals surface area contributed by atoms with Crippen molar-refractivity contribution in [2.75, 3.05) is 18.8 Å². The Bertz CT molecular complexity index is 1570. The molecule has 3 heterocycles. The zero-order valence-corrected chi connectivity index (χ0v) is 20.7. The third kappa shape index (κ3) is 5.54. The van der Waals surface area contributed by atoms with Crippen LogP contribution < -0.4 is 5.73 Å². The second kappa shape index (κ2) is 9.78. The summed E-state index contributed by atoms with van der Waals surface area (Å²) in [5.74, 6) is -6.01. The van der Waals surface area contributed by atoms with Gasteiger partial charge in [-0.1, -0.05) is 6.07 Å². The number of imidazole rings is 1. The summed E-state index contributed by atoms with van der Waals surface area (Å²) in [6.07, 6.45) is -8.24. The van der Waals surface area contributed by atoms with Crippen molar-refractivity contribution in [2.45, 2.75) is 37.0 Å². The van der Waals surface area contributed by atoms with Crippen molar-refractivity contribution in [3.05, 3.63) is 41.9 Å². The molecule has 3 aromatic rings. The molecule has 0 amide bonds. The molecule has 1 fully saturated rings. The number of aromatic nitrogens is 3. The number of ether oxygens (including phenoxy) is 1. The summed E-state index contributed by atoms with van der Waals surface area (Å²) < 4.78 is 110. The van der Waals surface area contributed by atoms with Crippen LogP contribution in [0.25, 0.3) is 16.9 Å². The van der Waals surface area contributed by atoms with E-state index in [1.807, 2.05) is 0 Å². The third-order valence-corrected chi connectivity index (χ3v) is 7.93. The quantitative estimate of drug-likeness (QED) is 0.282. The standard InChI is InChI=1S/C22H19F6N5O5S/c1-11-4-5-13(7-14(11)15-8-30-18-17(29)31-16(10-33(15)18)21(23,24)25)39(36,37)32-6-2-3-12(9-32)19(34)38-20(35)22(26,27)28/h4-5,7-8,10,12H,2-3,6,9H2,1H3,(H2,29,31). The van der Waals surface area contributed by atoms with E-state index in [-0.39, 0.29) is 41.2 Å². The van der Waals surface area contributed by atoms with Crippen molar-refractivity contribution in [1.82, 2.24) is 18.7 Å². The molecule has 1 aliphatic rings. The lowest BCUT2D eigenvalue weighted by atomic mass is 10.00. The molecular weight excluding hydrogens is 560 g/mol. The molecule has 4 rings (SSSR count). The van der Waals surface area contributed by atoms with Gasteiger partial charge in [0.25, 0.3) is 0 Å². The van der Waals surface area contributed by atoms with Gasteiger partial charge in [0.1, 0.15) is 0 Å². The number of nitrogens with zero attached hydrogens (tertiary/aromatic N) is 4. The fourth-order valence-corrected chi connectivity index (χ4v) is 5.67. The molecule has 1 atom stereocenters. The monoisotopic (exact) mass is 579 g/mol. The zero-order chi connectivity index (χ0) is 28.9. The van der Waals surface area contributed by atoms with Crippen molar-refractivity contribution in [3.8, 4) is 11.3 Å². The number of nitrogen functional groups attached to an aromatic ring is 1. The number of rotatable bonds is 4. The van der Waals surface area contributed by atoms with Crippen molar-refractivity contribution in [2.24, 2.45) is 5.92 Å². The van der Waals surface area contributed by atoms with Gasteiger partial charge < -0.3 is 10.5 Å². The van der Waals surface area contributed by atoms with Gasteiger partial charge in [-0.05, 0) is 37.5 Å². The number of hydrogen-bond acceptors (Lipinski definition) is 8. The van der Waals surface area contributed by atoms with Crippen LogP contribution in [0.3, 0.4) is 0 Å². The molecule has 0 bridgehead atoms. The molecule has 1 saturated heterocycles. The molecule has 1 aliphatic heterocycles. The fraction of sp³-hybridized carbons (Fsp3) is 0.364. The molecule has 210 valence electrons. The smallest absolute Gasteiger partial charge is 0.386 e. The molecule has 0 radical (unpaired) electrons. The van der Waals surface area contributed by atoms with Crippen molar-refractivity contribution < 1.29 is 49.1 Å². The second-order valence-corrected chi connectivity index (χ2v) is 10.7. The summed E-state index contributed by atoms with van der Waals surface area (Å²) in [5.41, 5.74) is 5.04. The summed E-state index contributed by atoms with van der Waals surface area (Å²) in [6.45, 7) is 0.975. The third-order valence-electron chi connectivity index (χ3n) is 6.07. The molecular formula is C22H19F6N5O5S. The first-order valence-corrected chi connectivity index (χ1v) is 12.6. The maximum absolute atomic E-state index is 13.4. The number of hydrogen-bond donors (Lipinski definition) is 1. The van der Waals surface area contributed by atoms with Crippen LogP contribution in [0.2, 0.25) is 0 Å². The number of piperidine rings is 1. The largest absolute Gasteiger partial charge is 0.491 e. The van der Waals surface area contributed by atoms with E-state index in [2.05, 4.69) is 14.7 Å². The topological polar surface area (TPSA) is 137 Å². The Kier molecular flexibility index (Phi) is 7.09. The average molecular weight is 579 g/mol. The van der Waals surface area contributed by atoms with Gasteiger partial charge in [-0.3, -0.25) is 9.20 Å². The van der Waals surface area contributed by atoms with Gasteiger partial charge >= 0.3 is 24.3 Å². The van der Waals surface area contributed by atoms with Crippen LogP contribution >= 0.6 is 0 Å². The van der Waals surface area contributed by atoms with Crippen molar-refractivity contribution in [3.63, 3.8) is 0 Å². The van der Waals surface area contributed by atoms with Crippen LogP contribution in [0.4, 0.5) is 32.2 Å². The van der Waals surface area contributed by atoms with Gasteiger partial charge in [-0.25, -0.2) is 23.2 Å². The summed E-state index contributed by atoms with van der Waals surface area (Å²) >= 11 is 0. The summed E-state index contributed by atoms with van der Waals surface area (Å²) in [5, 5.41) is 0. The van der Waals surface area contributed by atoms with Crippen LogP contribution in [0.5, 0.6) is 0 Å². The Hall–Kier alpha value is -3.73. The van der Waals surface area contributed by atoms with E-state index in [1.54, 1.807) is 6.92 Å². The van der Waals surface area contributed by atoms with E-state index >= 15 is 0 Å². The fourth-order valence-electron chi connectivity index (χ4n) is 4.12. The molecule has 2 N–H and O–H groups in total. The number of sulfonamides is 1. The summed E-state index contributed by atoms with van der Waals surface area (Å²) in [4.78, 5) is 30.1. The highest BCUT2D eigenvalue weighted by atomic mass is 32.2. The number of esters is 2. The molecule has 0 spiro atoms. The highest BCUT2D eigenvalue weighted by Gasteiger charge is 2.44. The number of benzene rings is 1. The molecule has 1 unspecified atom stereocenters. The van der Waals surface area contributed by atoms with E-state index in [1.165, 1.54) is 24.4 Å². The van der Waals surface area contributed by atoms with Crippen LogP contribution in [0, 0.1) is 12.8 Å². The normalized spacial score (nSPS) is 17.4. The minimum Gasteiger partial charge on any atom is -0.386 e. The molecule has 10 nitrogen and oxygen atoms in total. The van der Waals surface area contributed by atoms with Crippen molar-refractivity contribution in [1.29, 1.82) is 0 Å². The summed E-state index contributed by atoms with van der Waals surface area (Å²) in [7, 11) is -4.34. The Labute approximate surface area is 216 Å². The number of fused-ring (bicyclic) bond motifs is 1. The number of aryl methyl sites for hydroxylation is 1. The lowest BCUT2D eigenvalue weighted by Crippen LogP contribution is -2.43. The van der Waals surface area contributed by atoms with Gasteiger partial charge in [0.15, 0.2) is 17.2 Å². The highest BCUT2D eigenvalue weighted by molar-refractivity contribution is 7.89. The van der Waals surface area contributed by atoms with Gasteiger partial charge in [-0.2, -0.15) is 30.6 Å².